The first-order valence-electron chi connectivity index (χ1n) is 14.6. The Bertz CT molecular complexity index is 1220. The standard InChI is InChI=1S/C33H40N2O5/c36-22-29-19-25-12-4-7-15-28(25)21-35(29)30(37)20-26-13-5-6-14-27(18-24-10-2-1-3-11-24)32(39)40-23-33(34-31(26)38)16-8-9-17-33/h1-7,10-12,15,26-27,29,36H,8-9,13-14,16-23H2,(H,34,38)/t26-,27+,29+/m1/s1. The summed E-state index contributed by atoms with van der Waals surface area (Å²) < 4.78 is 5.87. The second kappa shape index (κ2) is 12.8. The number of carbonyl (C=O) groups is 3. The highest BCUT2D eigenvalue weighted by Gasteiger charge is 2.40. The van der Waals surface area contributed by atoms with Gasteiger partial charge in [0, 0.05) is 13.0 Å². The Labute approximate surface area is 236 Å². The van der Waals surface area contributed by atoms with Crippen LogP contribution in [0.15, 0.2) is 66.7 Å². The second-order valence-electron chi connectivity index (χ2n) is 11.6. The quantitative estimate of drug-likeness (QED) is 0.436. The number of fused-ring (bicyclic) bond motifs is 1. The lowest BCUT2D eigenvalue weighted by Gasteiger charge is -2.37. The number of allylic oxidation sites excluding steroid dienone is 2. The highest BCUT2D eigenvalue weighted by molar-refractivity contribution is 5.87. The fourth-order valence-electron chi connectivity index (χ4n) is 6.38. The number of nitrogens with zero attached hydrogens (tertiary/aromatic N) is 1. The van der Waals surface area contributed by atoms with Gasteiger partial charge >= 0.3 is 5.97 Å². The van der Waals surface area contributed by atoms with E-state index in [-0.39, 0.29) is 49.4 Å². The molecule has 2 aromatic rings. The van der Waals surface area contributed by atoms with Gasteiger partial charge in [-0.15, -0.1) is 0 Å². The van der Waals surface area contributed by atoms with E-state index in [9.17, 15) is 19.5 Å². The smallest absolute Gasteiger partial charge is 0.309 e. The van der Waals surface area contributed by atoms with E-state index in [0.29, 0.717) is 32.2 Å². The number of amides is 2. The average Bonchev–Trinajstić information content (AvgIpc) is 3.44. The molecule has 2 aromatic carbocycles. The van der Waals surface area contributed by atoms with E-state index in [0.717, 1.165) is 42.4 Å². The number of ether oxygens (including phenoxy) is 1. The minimum Gasteiger partial charge on any atom is -0.463 e. The van der Waals surface area contributed by atoms with E-state index < -0.39 is 11.5 Å². The molecule has 1 spiro atoms. The third kappa shape index (κ3) is 6.64. The Morgan fingerprint density at radius 1 is 0.950 bits per heavy atom. The number of benzene rings is 2. The molecular weight excluding hydrogens is 504 g/mol. The molecule has 3 aliphatic rings. The van der Waals surface area contributed by atoms with E-state index >= 15 is 0 Å². The highest BCUT2D eigenvalue weighted by Crippen LogP contribution is 2.32. The number of carbonyl (C=O) groups excluding carboxylic acids is 3. The number of cyclic esters (lactones) is 1. The third-order valence-corrected chi connectivity index (χ3v) is 8.78. The van der Waals surface area contributed by atoms with Gasteiger partial charge in [0.1, 0.15) is 6.61 Å². The van der Waals surface area contributed by atoms with Crippen molar-refractivity contribution in [3.63, 3.8) is 0 Å². The molecule has 0 radical (unpaired) electrons. The molecule has 0 aromatic heterocycles. The largest absolute Gasteiger partial charge is 0.463 e. The molecule has 1 saturated carbocycles. The molecule has 2 amide bonds. The van der Waals surface area contributed by atoms with E-state index in [4.69, 9.17) is 4.74 Å². The molecule has 2 heterocycles. The number of aliphatic hydroxyl groups excluding tert-OH is 1. The highest BCUT2D eigenvalue weighted by atomic mass is 16.5. The molecule has 3 atom stereocenters. The molecule has 7 heteroatoms. The first-order chi connectivity index (χ1) is 19.5. The van der Waals surface area contributed by atoms with Crippen molar-refractivity contribution in [2.45, 2.75) is 75.9 Å². The van der Waals surface area contributed by atoms with Gasteiger partial charge in [0.2, 0.25) is 11.8 Å². The van der Waals surface area contributed by atoms with Crippen molar-refractivity contribution in [1.29, 1.82) is 0 Å². The number of esters is 1. The summed E-state index contributed by atoms with van der Waals surface area (Å²) in [5, 5.41) is 13.3. The van der Waals surface area contributed by atoms with Crippen molar-refractivity contribution < 1.29 is 24.2 Å². The van der Waals surface area contributed by atoms with Crippen LogP contribution in [-0.4, -0.2) is 52.6 Å². The van der Waals surface area contributed by atoms with Crippen molar-refractivity contribution >= 4 is 17.8 Å². The molecule has 40 heavy (non-hydrogen) atoms. The van der Waals surface area contributed by atoms with Gasteiger partial charge < -0.3 is 20.1 Å². The Balaban J connectivity index is 1.34. The Morgan fingerprint density at radius 2 is 1.62 bits per heavy atom. The molecule has 212 valence electrons. The zero-order chi connectivity index (χ0) is 28.0. The fourth-order valence-corrected chi connectivity index (χ4v) is 6.38. The summed E-state index contributed by atoms with van der Waals surface area (Å²) in [6.45, 7) is 0.475. The lowest BCUT2D eigenvalue weighted by molar-refractivity contribution is -0.152. The van der Waals surface area contributed by atoms with Gasteiger partial charge in [-0.25, -0.2) is 0 Å². The summed E-state index contributed by atoms with van der Waals surface area (Å²) in [4.78, 5) is 42.1. The van der Waals surface area contributed by atoms with Gasteiger partial charge in [0.25, 0.3) is 0 Å². The van der Waals surface area contributed by atoms with Crippen LogP contribution in [0.2, 0.25) is 0 Å². The number of aliphatic hydroxyl groups is 1. The van der Waals surface area contributed by atoms with Gasteiger partial charge in [-0.2, -0.15) is 0 Å². The van der Waals surface area contributed by atoms with Crippen molar-refractivity contribution in [2.75, 3.05) is 13.2 Å². The third-order valence-electron chi connectivity index (χ3n) is 8.78. The van der Waals surface area contributed by atoms with Gasteiger partial charge in [0.05, 0.1) is 30.0 Å². The van der Waals surface area contributed by atoms with Gasteiger partial charge in [0.15, 0.2) is 0 Å². The summed E-state index contributed by atoms with van der Waals surface area (Å²) in [6, 6.07) is 17.6. The summed E-state index contributed by atoms with van der Waals surface area (Å²) >= 11 is 0. The second-order valence-corrected chi connectivity index (χ2v) is 11.6. The predicted octanol–water partition coefficient (Wildman–Crippen LogP) is 4.12. The lowest BCUT2D eigenvalue weighted by atomic mass is 9.90. The van der Waals surface area contributed by atoms with Crippen molar-refractivity contribution in [2.24, 2.45) is 11.8 Å². The van der Waals surface area contributed by atoms with Crippen LogP contribution in [0.25, 0.3) is 0 Å². The Kier molecular flexibility index (Phi) is 9.00. The van der Waals surface area contributed by atoms with Crippen molar-refractivity contribution in [1.82, 2.24) is 10.2 Å². The SMILES string of the molecule is O=C1NC2(CCCC2)COC(=O)[C@H](Cc2ccccc2)CC=CC[C@@H]1CC(=O)N1Cc2ccccc2C[C@H]1CO. The first-order valence-corrected chi connectivity index (χ1v) is 14.6. The fraction of sp³-hybridized carbons (Fsp3) is 0.485. The van der Waals surface area contributed by atoms with Crippen LogP contribution in [0, 0.1) is 11.8 Å². The van der Waals surface area contributed by atoms with E-state index in [1.54, 1.807) is 4.90 Å². The normalized spacial score (nSPS) is 24.9. The van der Waals surface area contributed by atoms with Crippen molar-refractivity contribution in [3.8, 4) is 0 Å². The molecule has 0 unspecified atom stereocenters. The molecule has 5 rings (SSSR count). The lowest BCUT2D eigenvalue weighted by Crippen LogP contribution is -2.53. The summed E-state index contributed by atoms with van der Waals surface area (Å²) in [7, 11) is 0. The number of hydrogen-bond acceptors (Lipinski definition) is 5. The minimum atomic E-state index is -0.591. The van der Waals surface area contributed by atoms with Crippen LogP contribution in [0.4, 0.5) is 0 Å². The average molecular weight is 545 g/mol. The number of hydrogen-bond donors (Lipinski definition) is 2. The summed E-state index contributed by atoms with van der Waals surface area (Å²) in [6.07, 6.45) is 9.48. The van der Waals surface area contributed by atoms with Gasteiger partial charge in [-0.05, 0) is 55.2 Å². The molecule has 0 bridgehead atoms. The first kappa shape index (κ1) is 28.1. The Hall–Kier alpha value is -3.45. The van der Waals surface area contributed by atoms with Gasteiger partial charge in [-0.1, -0.05) is 79.6 Å². The van der Waals surface area contributed by atoms with E-state index in [1.165, 1.54) is 0 Å². The number of nitrogens with one attached hydrogen (secondary N) is 1. The monoisotopic (exact) mass is 544 g/mol. The maximum absolute atomic E-state index is 13.6. The maximum Gasteiger partial charge on any atom is 0.309 e. The summed E-state index contributed by atoms with van der Waals surface area (Å²) in [5.41, 5.74) is 2.73. The molecule has 7 nitrogen and oxygen atoms in total. The van der Waals surface area contributed by atoms with E-state index in [1.807, 2.05) is 66.7 Å². The molecule has 0 saturated heterocycles. The van der Waals surface area contributed by atoms with Crippen LogP contribution in [0.3, 0.4) is 0 Å². The molecule has 1 fully saturated rings. The molecule has 2 N–H and O–H groups in total. The minimum absolute atomic E-state index is 0.0676. The van der Waals surface area contributed by atoms with E-state index in [2.05, 4.69) is 5.32 Å². The number of rotatable bonds is 5. The Morgan fingerprint density at radius 3 is 2.35 bits per heavy atom. The van der Waals surface area contributed by atoms with Crippen molar-refractivity contribution in [3.05, 3.63) is 83.4 Å². The maximum atomic E-state index is 13.6. The zero-order valence-corrected chi connectivity index (χ0v) is 23.1. The predicted molar refractivity (Wildman–Crippen MR) is 152 cm³/mol. The topological polar surface area (TPSA) is 95.9 Å². The van der Waals surface area contributed by atoms with Crippen LogP contribution in [-0.2, 0) is 38.5 Å². The van der Waals surface area contributed by atoms with Gasteiger partial charge in [-0.3, -0.25) is 14.4 Å². The van der Waals surface area contributed by atoms with Crippen LogP contribution < -0.4 is 5.32 Å². The molecular formula is C33H40N2O5. The summed E-state index contributed by atoms with van der Waals surface area (Å²) in [5.74, 6) is -1.38. The molecule has 2 aliphatic heterocycles. The van der Waals surface area contributed by atoms with Crippen LogP contribution >= 0.6 is 0 Å². The zero-order valence-electron chi connectivity index (χ0n) is 23.1. The van der Waals surface area contributed by atoms with Crippen LogP contribution in [0.5, 0.6) is 0 Å². The van der Waals surface area contributed by atoms with Crippen LogP contribution in [0.1, 0.15) is 61.6 Å². The molecule has 1 aliphatic carbocycles.